The number of carboxylic acid groups (broad SMARTS) is 1. The Hall–Kier alpha value is -1.46. The molecule has 1 fully saturated rings. The molecule has 2 rings (SSSR count). The number of carbonyl (C=O) groups is 1. The molecule has 5 nitrogen and oxygen atoms in total. The Balaban J connectivity index is 2.36. The molecule has 1 saturated heterocycles. The first-order valence-corrected chi connectivity index (χ1v) is 4.60. The number of aromatic carboxylic acids is 1. The number of aromatic nitrogens is 1. The molecule has 0 aliphatic carbocycles. The molecular weight excluding hydrogens is 198 g/mol. The van der Waals surface area contributed by atoms with Gasteiger partial charge in [0.15, 0.2) is 0 Å². The molecule has 0 unspecified atom stereocenters. The van der Waals surface area contributed by atoms with Crippen LogP contribution in [0.3, 0.4) is 0 Å². The summed E-state index contributed by atoms with van der Waals surface area (Å²) in [7, 11) is 0. The predicted molar refractivity (Wildman–Crippen MR) is 50.5 cm³/mol. The van der Waals surface area contributed by atoms with Gasteiger partial charge < -0.3 is 14.6 Å². The highest BCUT2D eigenvalue weighted by atomic mass is 16.7. The molecule has 1 aliphatic rings. The highest BCUT2D eigenvalue weighted by Gasteiger charge is 2.34. The van der Waals surface area contributed by atoms with Crippen molar-refractivity contribution in [3.8, 4) is 0 Å². The first kappa shape index (κ1) is 10.1. The summed E-state index contributed by atoms with van der Waals surface area (Å²) < 4.78 is 10.8. The van der Waals surface area contributed by atoms with E-state index in [9.17, 15) is 4.79 Å². The van der Waals surface area contributed by atoms with Crippen LogP contribution in [0.2, 0.25) is 0 Å². The summed E-state index contributed by atoms with van der Waals surface area (Å²) >= 11 is 0. The molecule has 0 radical (unpaired) electrons. The van der Waals surface area contributed by atoms with Crippen molar-refractivity contribution in [2.45, 2.75) is 12.7 Å². The summed E-state index contributed by atoms with van der Waals surface area (Å²) in [4.78, 5) is 14.7. The van der Waals surface area contributed by atoms with E-state index in [1.807, 2.05) is 0 Å². The topological polar surface area (TPSA) is 68.7 Å². The van der Waals surface area contributed by atoms with Crippen molar-refractivity contribution in [3.63, 3.8) is 0 Å². The molecule has 0 bridgehead atoms. The molecule has 1 aromatic heterocycles. The zero-order valence-electron chi connectivity index (χ0n) is 8.27. The van der Waals surface area contributed by atoms with Gasteiger partial charge in [0.25, 0.3) is 0 Å². The van der Waals surface area contributed by atoms with E-state index in [1.165, 1.54) is 6.07 Å². The molecule has 2 heterocycles. The van der Waals surface area contributed by atoms with Gasteiger partial charge in [-0.2, -0.15) is 0 Å². The summed E-state index contributed by atoms with van der Waals surface area (Å²) in [6.45, 7) is 2.72. The first-order chi connectivity index (χ1) is 7.12. The number of hydrogen-bond donors (Lipinski definition) is 1. The van der Waals surface area contributed by atoms with Gasteiger partial charge >= 0.3 is 5.97 Å². The van der Waals surface area contributed by atoms with Crippen LogP contribution < -0.4 is 0 Å². The normalized spacial score (nSPS) is 19.0. The van der Waals surface area contributed by atoms with E-state index < -0.39 is 11.8 Å². The van der Waals surface area contributed by atoms with Crippen LogP contribution >= 0.6 is 0 Å². The summed E-state index contributed by atoms with van der Waals surface area (Å²) in [5.41, 5.74) is 0.479. The van der Waals surface area contributed by atoms with Crippen molar-refractivity contribution in [2.24, 2.45) is 0 Å². The van der Waals surface area contributed by atoms with Crippen LogP contribution in [0.1, 0.15) is 23.1 Å². The average molecular weight is 209 g/mol. The second kappa shape index (κ2) is 3.60. The molecule has 0 atom stereocenters. The molecule has 0 saturated carbocycles. The average Bonchev–Trinajstić information content (AvgIpc) is 2.67. The van der Waals surface area contributed by atoms with Crippen molar-refractivity contribution in [3.05, 3.63) is 29.6 Å². The van der Waals surface area contributed by atoms with Crippen LogP contribution in [0.5, 0.6) is 0 Å². The number of hydrogen-bond acceptors (Lipinski definition) is 4. The largest absolute Gasteiger partial charge is 0.477 e. The van der Waals surface area contributed by atoms with Gasteiger partial charge in [0.1, 0.15) is 11.4 Å². The Morgan fingerprint density at radius 3 is 2.73 bits per heavy atom. The predicted octanol–water partition coefficient (Wildman–Crippen LogP) is 0.999. The standard InChI is InChI=1S/C10H11NO4/c1-10(14-5-6-15-10)8-4-2-3-7(11-8)9(12)13/h2-4H,5-6H2,1H3,(H,12,13). The molecular formula is C10H11NO4. The fourth-order valence-corrected chi connectivity index (χ4v) is 1.47. The number of rotatable bonds is 2. The monoisotopic (exact) mass is 209 g/mol. The fraction of sp³-hybridized carbons (Fsp3) is 0.400. The molecule has 0 spiro atoms. The molecule has 1 N–H and O–H groups in total. The third-order valence-corrected chi connectivity index (χ3v) is 2.27. The Kier molecular flexibility index (Phi) is 2.42. The minimum absolute atomic E-state index is 0.00664. The second-order valence-corrected chi connectivity index (χ2v) is 3.36. The van der Waals surface area contributed by atoms with Gasteiger partial charge in [0.2, 0.25) is 5.79 Å². The smallest absolute Gasteiger partial charge is 0.354 e. The number of pyridine rings is 1. The van der Waals surface area contributed by atoms with Crippen LogP contribution in [0.25, 0.3) is 0 Å². The van der Waals surface area contributed by atoms with E-state index in [2.05, 4.69) is 4.98 Å². The Labute approximate surface area is 86.7 Å². The Morgan fingerprint density at radius 2 is 2.13 bits per heavy atom. The van der Waals surface area contributed by atoms with E-state index in [-0.39, 0.29) is 5.69 Å². The fourth-order valence-electron chi connectivity index (χ4n) is 1.47. The van der Waals surface area contributed by atoms with Crippen molar-refractivity contribution in [2.75, 3.05) is 13.2 Å². The van der Waals surface area contributed by atoms with E-state index in [0.29, 0.717) is 18.9 Å². The molecule has 80 valence electrons. The van der Waals surface area contributed by atoms with Crippen LogP contribution in [-0.4, -0.2) is 29.3 Å². The number of carboxylic acids is 1. The number of nitrogens with zero attached hydrogens (tertiary/aromatic N) is 1. The van der Waals surface area contributed by atoms with E-state index in [0.717, 1.165) is 0 Å². The maximum Gasteiger partial charge on any atom is 0.354 e. The summed E-state index contributed by atoms with van der Waals surface area (Å²) in [5, 5.41) is 8.79. The minimum Gasteiger partial charge on any atom is -0.477 e. The third-order valence-electron chi connectivity index (χ3n) is 2.27. The molecule has 5 heteroatoms. The molecule has 1 aliphatic heterocycles. The van der Waals surface area contributed by atoms with Crippen LogP contribution in [0.15, 0.2) is 18.2 Å². The van der Waals surface area contributed by atoms with Gasteiger partial charge in [-0.05, 0) is 19.1 Å². The molecule has 15 heavy (non-hydrogen) atoms. The van der Waals surface area contributed by atoms with Crippen LogP contribution in [0.4, 0.5) is 0 Å². The molecule has 0 amide bonds. The van der Waals surface area contributed by atoms with Gasteiger partial charge in [-0.25, -0.2) is 9.78 Å². The van der Waals surface area contributed by atoms with Crippen molar-refractivity contribution >= 4 is 5.97 Å². The van der Waals surface area contributed by atoms with E-state index in [4.69, 9.17) is 14.6 Å². The summed E-state index contributed by atoms with van der Waals surface area (Å²) in [5.74, 6) is -1.97. The van der Waals surface area contributed by atoms with Gasteiger partial charge in [-0.1, -0.05) is 6.07 Å². The Bertz CT molecular complexity index is 385. The molecule has 0 aromatic carbocycles. The summed E-state index contributed by atoms with van der Waals surface area (Å²) in [6.07, 6.45) is 0. The molecule has 1 aromatic rings. The van der Waals surface area contributed by atoms with Crippen LogP contribution in [-0.2, 0) is 15.3 Å². The van der Waals surface area contributed by atoms with E-state index in [1.54, 1.807) is 19.1 Å². The van der Waals surface area contributed by atoms with Crippen molar-refractivity contribution < 1.29 is 19.4 Å². The van der Waals surface area contributed by atoms with Gasteiger partial charge in [-0.15, -0.1) is 0 Å². The van der Waals surface area contributed by atoms with Gasteiger partial charge in [0, 0.05) is 0 Å². The van der Waals surface area contributed by atoms with Gasteiger partial charge in [-0.3, -0.25) is 0 Å². The lowest BCUT2D eigenvalue weighted by Crippen LogP contribution is -2.24. The maximum absolute atomic E-state index is 10.7. The summed E-state index contributed by atoms with van der Waals surface area (Å²) in [6, 6.07) is 4.75. The highest BCUT2D eigenvalue weighted by molar-refractivity contribution is 5.85. The first-order valence-electron chi connectivity index (χ1n) is 4.60. The zero-order chi connectivity index (χ0) is 10.9. The van der Waals surface area contributed by atoms with Crippen LogP contribution in [0, 0.1) is 0 Å². The van der Waals surface area contributed by atoms with Crippen molar-refractivity contribution in [1.82, 2.24) is 4.98 Å². The minimum atomic E-state index is -1.06. The SMILES string of the molecule is CC1(c2cccc(C(=O)O)n2)OCCO1. The number of ether oxygens (including phenoxy) is 2. The third kappa shape index (κ3) is 1.84. The lowest BCUT2D eigenvalue weighted by atomic mass is 10.2. The van der Waals surface area contributed by atoms with Gasteiger partial charge in [0.05, 0.1) is 13.2 Å². The second-order valence-electron chi connectivity index (χ2n) is 3.36. The highest BCUT2D eigenvalue weighted by Crippen LogP contribution is 2.29. The van der Waals surface area contributed by atoms with Crippen molar-refractivity contribution in [1.29, 1.82) is 0 Å². The lowest BCUT2D eigenvalue weighted by molar-refractivity contribution is -0.152. The Morgan fingerprint density at radius 1 is 1.47 bits per heavy atom. The zero-order valence-corrected chi connectivity index (χ0v) is 8.27. The quantitative estimate of drug-likeness (QED) is 0.786. The maximum atomic E-state index is 10.7. The lowest BCUT2D eigenvalue weighted by Gasteiger charge is -2.21. The van der Waals surface area contributed by atoms with E-state index >= 15 is 0 Å².